The van der Waals surface area contributed by atoms with Gasteiger partial charge in [0.2, 0.25) is 11.8 Å². The number of hydrogen-bond donors (Lipinski definition) is 2. The Balaban J connectivity index is 2.03. The van der Waals surface area contributed by atoms with Crippen LogP contribution in [0.25, 0.3) is 11.0 Å². The summed E-state index contributed by atoms with van der Waals surface area (Å²) in [4.78, 5) is 28.3. The Morgan fingerprint density at radius 3 is 2.56 bits per heavy atom. The van der Waals surface area contributed by atoms with Crippen molar-refractivity contribution in [1.29, 1.82) is 0 Å². The minimum absolute atomic E-state index is 0.00232. The van der Waals surface area contributed by atoms with Crippen LogP contribution in [-0.4, -0.2) is 34.5 Å². The van der Waals surface area contributed by atoms with Crippen molar-refractivity contribution >= 4 is 22.8 Å². The summed E-state index contributed by atoms with van der Waals surface area (Å²) in [6.45, 7) is 5.61. The van der Waals surface area contributed by atoms with Gasteiger partial charge in [-0.3, -0.25) is 9.59 Å². The SMILES string of the molecule is CCCNC(=O)Cn1c(CCCNC(=O)CCC)nc2ccccc21. The summed E-state index contributed by atoms with van der Waals surface area (Å²) in [5, 5.41) is 5.83. The topological polar surface area (TPSA) is 76.0 Å². The number of nitrogens with zero attached hydrogens (tertiary/aromatic N) is 2. The lowest BCUT2D eigenvalue weighted by molar-refractivity contribution is -0.122. The van der Waals surface area contributed by atoms with Crippen molar-refractivity contribution in [1.82, 2.24) is 20.2 Å². The van der Waals surface area contributed by atoms with Crippen molar-refractivity contribution in [3.63, 3.8) is 0 Å². The molecule has 2 aromatic rings. The highest BCUT2D eigenvalue weighted by atomic mass is 16.2. The Bertz CT molecular complexity index is 709. The third-order valence-electron chi connectivity index (χ3n) is 3.98. The van der Waals surface area contributed by atoms with Crippen LogP contribution in [0.5, 0.6) is 0 Å². The van der Waals surface area contributed by atoms with Gasteiger partial charge in [0.05, 0.1) is 11.0 Å². The van der Waals surface area contributed by atoms with E-state index < -0.39 is 0 Å². The van der Waals surface area contributed by atoms with Gasteiger partial charge in [-0.2, -0.15) is 0 Å². The summed E-state index contributed by atoms with van der Waals surface area (Å²) in [5.74, 6) is 0.982. The molecular formula is C19H28N4O2. The lowest BCUT2D eigenvalue weighted by Gasteiger charge is -2.10. The van der Waals surface area contributed by atoms with Crippen molar-refractivity contribution in [3.05, 3.63) is 30.1 Å². The molecule has 0 atom stereocenters. The zero-order valence-electron chi connectivity index (χ0n) is 15.2. The molecule has 0 saturated heterocycles. The number of carbonyl (C=O) groups excluding carboxylic acids is 2. The Morgan fingerprint density at radius 2 is 1.80 bits per heavy atom. The zero-order chi connectivity index (χ0) is 18.1. The second kappa shape index (κ2) is 9.81. The van der Waals surface area contributed by atoms with E-state index in [0.717, 1.165) is 42.5 Å². The van der Waals surface area contributed by atoms with E-state index in [0.29, 0.717) is 19.5 Å². The molecule has 0 aliphatic heterocycles. The average molecular weight is 344 g/mol. The van der Waals surface area contributed by atoms with E-state index in [1.807, 2.05) is 42.7 Å². The molecule has 136 valence electrons. The van der Waals surface area contributed by atoms with Gasteiger partial charge < -0.3 is 15.2 Å². The van der Waals surface area contributed by atoms with E-state index in [-0.39, 0.29) is 18.4 Å². The van der Waals surface area contributed by atoms with Crippen LogP contribution in [0.3, 0.4) is 0 Å². The van der Waals surface area contributed by atoms with E-state index in [1.165, 1.54) is 0 Å². The van der Waals surface area contributed by atoms with Crippen LogP contribution in [0, 0.1) is 0 Å². The molecule has 1 aromatic heterocycles. The number of imidazole rings is 1. The first-order valence-electron chi connectivity index (χ1n) is 9.13. The number of aryl methyl sites for hydroxylation is 1. The molecule has 0 unspecified atom stereocenters. The van der Waals surface area contributed by atoms with Crippen molar-refractivity contribution in [3.8, 4) is 0 Å². The maximum absolute atomic E-state index is 12.1. The summed E-state index contributed by atoms with van der Waals surface area (Å²) in [7, 11) is 0. The molecule has 6 heteroatoms. The number of fused-ring (bicyclic) bond motifs is 1. The molecule has 6 nitrogen and oxygen atoms in total. The number of carbonyl (C=O) groups is 2. The van der Waals surface area contributed by atoms with Gasteiger partial charge in [0.25, 0.3) is 0 Å². The van der Waals surface area contributed by atoms with Gasteiger partial charge >= 0.3 is 0 Å². The second-order valence-electron chi connectivity index (χ2n) is 6.16. The predicted molar refractivity (Wildman–Crippen MR) is 99.3 cm³/mol. The van der Waals surface area contributed by atoms with Crippen molar-refractivity contribution in [2.75, 3.05) is 13.1 Å². The fourth-order valence-corrected chi connectivity index (χ4v) is 2.75. The molecule has 1 aromatic carbocycles. The van der Waals surface area contributed by atoms with Gasteiger partial charge in [0.1, 0.15) is 12.4 Å². The summed E-state index contributed by atoms with van der Waals surface area (Å²) in [6.07, 6.45) is 3.86. The van der Waals surface area contributed by atoms with E-state index in [2.05, 4.69) is 15.6 Å². The van der Waals surface area contributed by atoms with Crippen LogP contribution in [-0.2, 0) is 22.6 Å². The Morgan fingerprint density at radius 1 is 1.04 bits per heavy atom. The number of nitrogens with one attached hydrogen (secondary N) is 2. The molecule has 0 bridgehead atoms. The van der Waals surface area contributed by atoms with Crippen molar-refractivity contribution < 1.29 is 9.59 Å². The van der Waals surface area contributed by atoms with Gasteiger partial charge in [-0.05, 0) is 31.4 Å². The highest BCUT2D eigenvalue weighted by Gasteiger charge is 2.13. The highest BCUT2D eigenvalue weighted by Crippen LogP contribution is 2.17. The molecule has 0 aliphatic carbocycles. The predicted octanol–water partition coefficient (Wildman–Crippen LogP) is 2.41. The fourth-order valence-electron chi connectivity index (χ4n) is 2.75. The first kappa shape index (κ1) is 19.0. The molecule has 2 amide bonds. The zero-order valence-corrected chi connectivity index (χ0v) is 15.2. The van der Waals surface area contributed by atoms with Crippen LogP contribution >= 0.6 is 0 Å². The Labute approximate surface area is 149 Å². The number of hydrogen-bond acceptors (Lipinski definition) is 3. The smallest absolute Gasteiger partial charge is 0.240 e. The molecule has 0 fully saturated rings. The molecule has 2 rings (SSSR count). The first-order valence-corrected chi connectivity index (χ1v) is 9.13. The fraction of sp³-hybridized carbons (Fsp3) is 0.526. The Kier molecular flexibility index (Phi) is 7.44. The summed E-state index contributed by atoms with van der Waals surface area (Å²) < 4.78 is 1.98. The molecule has 0 saturated carbocycles. The normalized spacial score (nSPS) is 10.8. The molecule has 0 aliphatic rings. The van der Waals surface area contributed by atoms with Gasteiger partial charge in [-0.25, -0.2) is 4.98 Å². The third kappa shape index (κ3) is 5.59. The molecule has 0 spiro atoms. The van der Waals surface area contributed by atoms with E-state index in [4.69, 9.17) is 0 Å². The largest absolute Gasteiger partial charge is 0.356 e. The van der Waals surface area contributed by atoms with Gasteiger partial charge in [-0.15, -0.1) is 0 Å². The third-order valence-corrected chi connectivity index (χ3v) is 3.98. The van der Waals surface area contributed by atoms with Crippen LogP contribution < -0.4 is 10.6 Å². The molecule has 2 N–H and O–H groups in total. The second-order valence-corrected chi connectivity index (χ2v) is 6.16. The number of para-hydroxylation sites is 2. The molecule has 0 radical (unpaired) electrons. The molecule has 25 heavy (non-hydrogen) atoms. The van der Waals surface area contributed by atoms with Crippen LogP contribution in [0.1, 0.15) is 45.4 Å². The first-order chi connectivity index (χ1) is 12.2. The maximum atomic E-state index is 12.1. The molecule has 1 heterocycles. The lowest BCUT2D eigenvalue weighted by atomic mass is 10.2. The highest BCUT2D eigenvalue weighted by molar-refractivity contribution is 5.81. The van der Waals surface area contributed by atoms with E-state index in [1.54, 1.807) is 0 Å². The summed E-state index contributed by atoms with van der Waals surface area (Å²) >= 11 is 0. The quantitative estimate of drug-likeness (QED) is 0.650. The van der Waals surface area contributed by atoms with Gasteiger partial charge in [-0.1, -0.05) is 26.0 Å². The van der Waals surface area contributed by atoms with E-state index >= 15 is 0 Å². The van der Waals surface area contributed by atoms with Gasteiger partial charge in [0, 0.05) is 25.9 Å². The average Bonchev–Trinajstić information content (AvgIpc) is 2.95. The van der Waals surface area contributed by atoms with Crippen LogP contribution in [0.4, 0.5) is 0 Å². The molecular weight excluding hydrogens is 316 g/mol. The van der Waals surface area contributed by atoms with Crippen LogP contribution in [0.2, 0.25) is 0 Å². The number of amides is 2. The maximum Gasteiger partial charge on any atom is 0.240 e. The minimum Gasteiger partial charge on any atom is -0.356 e. The van der Waals surface area contributed by atoms with Crippen LogP contribution in [0.15, 0.2) is 24.3 Å². The standard InChI is InChI=1S/C19H28N4O2/c1-3-8-18(24)21-13-7-11-17-22-15-9-5-6-10-16(15)23(17)14-19(25)20-12-4-2/h5-6,9-10H,3-4,7-8,11-14H2,1-2H3,(H,20,25)(H,21,24). The monoisotopic (exact) mass is 344 g/mol. The number of benzene rings is 1. The lowest BCUT2D eigenvalue weighted by Crippen LogP contribution is -2.29. The minimum atomic E-state index is 0.00232. The van der Waals surface area contributed by atoms with Gasteiger partial charge in [0.15, 0.2) is 0 Å². The Hall–Kier alpha value is -2.37. The van der Waals surface area contributed by atoms with Crippen molar-refractivity contribution in [2.24, 2.45) is 0 Å². The summed E-state index contributed by atoms with van der Waals surface area (Å²) in [6, 6.07) is 7.86. The summed E-state index contributed by atoms with van der Waals surface area (Å²) in [5.41, 5.74) is 1.87. The number of rotatable bonds is 10. The van der Waals surface area contributed by atoms with Crippen molar-refractivity contribution in [2.45, 2.75) is 52.5 Å². The number of aromatic nitrogens is 2. The van der Waals surface area contributed by atoms with E-state index in [9.17, 15) is 9.59 Å².